The van der Waals surface area contributed by atoms with Crippen LogP contribution in [-0.2, 0) is 17.4 Å². The van der Waals surface area contributed by atoms with Gasteiger partial charge in [0, 0.05) is 17.4 Å². The number of pyridine rings is 1. The van der Waals surface area contributed by atoms with Gasteiger partial charge < -0.3 is 10.1 Å². The second kappa shape index (κ2) is 9.69. The fraction of sp³-hybridized carbons (Fsp3) is 0.208. The van der Waals surface area contributed by atoms with Crippen molar-refractivity contribution in [3.05, 3.63) is 76.9 Å². The van der Waals surface area contributed by atoms with E-state index >= 15 is 0 Å². The van der Waals surface area contributed by atoms with E-state index in [2.05, 4.69) is 10.3 Å². The summed E-state index contributed by atoms with van der Waals surface area (Å²) < 4.78 is 59.5. The number of alkyl halides is 3. The Kier molecular flexibility index (Phi) is 6.97. The summed E-state index contributed by atoms with van der Waals surface area (Å²) in [4.78, 5) is 16.6. The molecule has 33 heavy (non-hydrogen) atoms. The third kappa shape index (κ3) is 5.66. The quantitative estimate of drug-likeness (QED) is 0.484. The van der Waals surface area contributed by atoms with Crippen LogP contribution in [0.3, 0.4) is 0 Å². The highest BCUT2D eigenvalue weighted by atomic mass is 19.4. The lowest BCUT2D eigenvalue weighted by Crippen LogP contribution is -2.16. The monoisotopic (exact) mass is 457 g/mol. The number of ether oxygens (including phenoxy) is 1. The van der Waals surface area contributed by atoms with Crippen LogP contribution in [0.15, 0.2) is 48.7 Å². The van der Waals surface area contributed by atoms with Gasteiger partial charge in [0.25, 0.3) is 0 Å². The Morgan fingerprint density at radius 2 is 1.91 bits per heavy atom. The molecule has 1 amide bonds. The minimum atomic E-state index is -4.75. The van der Waals surface area contributed by atoms with E-state index in [0.717, 1.165) is 6.07 Å². The summed E-state index contributed by atoms with van der Waals surface area (Å²) in [5.74, 6) is -0.758. The zero-order valence-corrected chi connectivity index (χ0v) is 17.8. The van der Waals surface area contributed by atoms with Crippen molar-refractivity contribution in [2.24, 2.45) is 0 Å². The van der Waals surface area contributed by atoms with Crippen molar-refractivity contribution in [3.63, 3.8) is 0 Å². The molecule has 0 radical (unpaired) electrons. The topological polar surface area (TPSA) is 75.0 Å². The molecule has 1 aromatic heterocycles. The number of carbonyl (C=O) groups excluding carboxylic acids is 1. The third-order valence-corrected chi connectivity index (χ3v) is 4.81. The van der Waals surface area contributed by atoms with E-state index in [1.54, 1.807) is 25.3 Å². The number of carbonyl (C=O) groups is 1. The molecule has 1 N–H and O–H groups in total. The number of amides is 1. The van der Waals surface area contributed by atoms with Gasteiger partial charge in [-0.25, -0.2) is 4.39 Å². The molecule has 0 spiro atoms. The van der Waals surface area contributed by atoms with E-state index in [0.29, 0.717) is 35.2 Å². The molecule has 170 valence electrons. The number of rotatable bonds is 6. The summed E-state index contributed by atoms with van der Waals surface area (Å²) >= 11 is 0. The number of nitriles is 1. The minimum Gasteiger partial charge on any atom is -0.492 e. The molecule has 0 bridgehead atoms. The van der Waals surface area contributed by atoms with Crippen LogP contribution in [0.25, 0.3) is 11.1 Å². The Balaban J connectivity index is 1.77. The number of hydrogen-bond acceptors (Lipinski definition) is 4. The van der Waals surface area contributed by atoms with Crippen molar-refractivity contribution in [1.29, 1.82) is 5.26 Å². The van der Waals surface area contributed by atoms with Gasteiger partial charge in [-0.1, -0.05) is 12.1 Å². The molecule has 0 atom stereocenters. The van der Waals surface area contributed by atoms with E-state index in [1.165, 1.54) is 24.3 Å². The van der Waals surface area contributed by atoms with Crippen molar-refractivity contribution in [1.82, 2.24) is 4.98 Å². The molecule has 3 aromatic rings. The number of hydrogen-bond donors (Lipinski definition) is 1. The number of benzene rings is 2. The van der Waals surface area contributed by atoms with Gasteiger partial charge in [-0.2, -0.15) is 18.4 Å². The highest BCUT2D eigenvalue weighted by Crippen LogP contribution is 2.33. The Bertz CT molecular complexity index is 1230. The second-order valence-corrected chi connectivity index (χ2v) is 7.14. The lowest BCUT2D eigenvalue weighted by molar-refractivity contribution is -0.137. The molecule has 0 fully saturated rings. The number of anilines is 1. The van der Waals surface area contributed by atoms with E-state index < -0.39 is 29.0 Å². The molecular formula is C24H19F4N3O2. The summed E-state index contributed by atoms with van der Waals surface area (Å²) in [6, 6.07) is 10.4. The van der Waals surface area contributed by atoms with Crippen LogP contribution in [0.4, 0.5) is 23.2 Å². The molecule has 0 saturated heterocycles. The van der Waals surface area contributed by atoms with Crippen LogP contribution in [-0.4, -0.2) is 17.5 Å². The maximum absolute atomic E-state index is 14.7. The molecule has 2 aromatic carbocycles. The summed E-state index contributed by atoms with van der Waals surface area (Å²) in [6.45, 7) is 4.09. The minimum absolute atomic E-state index is 0.0750. The lowest BCUT2D eigenvalue weighted by atomic mass is 10.0. The van der Waals surface area contributed by atoms with Crippen molar-refractivity contribution >= 4 is 11.6 Å². The average Bonchev–Trinajstić information content (AvgIpc) is 2.76. The van der Waals surface area contributed by atoms with Gasteiger partial charge in [0.1, 0.15) is 11.6 Å². The van der Waals surface area contributed by atoms with Crippen molar-refractivity contribution < 1.29 is 27.1 Å². The van der Waals surface area contributed by atoms with Gasteiger partial charge >= 0.3 is 6.18 Å². The molecule has 0 saturated carbocycles. The molecule has 5 nitrogen and oxygen atoms in total. The van der Waals surface area contributed by atoms with Gasteiger partial charge in [0.05, 0.1) is 35.9 Å². The number of aryl methyl sites for hydroxylation is 1. The number of nitrogens with one attached hydrogen (secondary N) is 1. The van der Waals surface area contributed by atoms with Crippen LogP contribution in [0.2, 0.25) is 0 Å². The van der Waals surface area contributed by atoms with Gasteiger partial charge in [0.15, 0.2) is 0 Å². The largest absolute Gasteiger partial charge is 0.492 e. The maximum atomic E-state index is 14.7. The van der Waals surface area contributed by atoms with E-state index in [-0.39, 0.29) is 17.7 Å². The average molecular weight is 457 g/mol. The zero-order valence-electron chi connectivity index (χ0n) is 17.8. The molecule has 0 aliphatic heterocycles. The van der Waals surface area contributed by atoms with Crippen LogP contribution in [0.5, 0.6) is 5.75 Å². The van der Waals surface area contributed by atoms with E-state index in [4.69, 9.17) is 10.00 Å². The Hall–Kier alpha value is -3.93. The standard InChI is InChI=1S/C24H19F4N3O2/c1-3-33-22-9-18(13-30-14(22)2)15-4-5-16(21(25)8-15)10-23(32)31-19-7-6-17(12-29)20(11-19)24(26,27)28/h4-9,11,13H,3,10H2,1-2H3,(H,31,32). The predicted molar refractivity (Wildman–Crippen MR) is 114 cm³/mol. The molecule has 9 heteroatoms. The number of aromatic nitrogens is 1. The van der Waals surface area contributed by atoms with Gasteiger partial charge in [-0.15, -0.1) is 0 Å². The first-order chi connectivity index (χ1) is 15.6. The molecular weight excluding hydrogens is 438 g/mol. The normalized spacial score (nSPS) is 11.1. The zero-order chi connectivity index (χ0) is 24.2. The maximum Gasteiger partial charge on any atom is 0.417 e. The van der Waals surface area contributed by atoms with Crippen LogP contribution < -0.4 is 10.1 Å². The van der Waals surface area contributed by atoms with E-state index in [9.17, 15) is 22.4 Å². The first-order valence-corrected chi connectivity index (χ1v) is 9.91. The van der Waals surface area contributed by atoms with Crippen molar-refractivity contribution in [2.75, 3.05) is 11.9 Å². The third-order valence-electron chi connectivity index (χ3n) is 4.81. The summed E-state index contributed by atoms with van der Waals surface area (Å²) in [5.41, 5.74) is 0.0920. The lowest BCUT2D eigenvalue weighted by Gasteiger charge is -2.12. The second-order valence-electron chi connectivity index (χ2n) is 7.14. The highest BCUT2D eigenvalue weighted by Gasteiger charge is 2.34. The van der Waals surface area contributed by atoms with Crippen molar-refractivity contribution in [2.45, 2.75) is 26.4 Å². The van der Waals surface area contributed by atoms with Crippen LogP contribution >= 0.6 is 0 Å². The van der Waals surface area contributed by atoms with Crippen LogP contribution in [0.1, 0.15) is 29.3 Å². The summed E-state index contributed by atoms with van der Waals surface area (Å²) in [6.07, 6.45) is -3.55. The SMILES string of the molecule is CCOc1cc(-c2ccc(CC(=O)Nc3ccc(C#N)c(C(F)(F)F)c3)c(F)c2)cnc1C. The molecule has 0 aliphatic rings. The predicted octanol–water partition coefficient (Wildman–Crippen LogP) is 5.67. The number of nitrogens with zero attached hydrogens (tertiary/aromatic N) is 2. The molecule has 0 aliphatic carbocycles. The Labute approximate surface area is 187 Å². The fourth-order valence-electron chi connectivity index (χ4n) is 3.17. The molecule has 3 rings (SSSR count). The highest BCUT2D eigenvalue weighted by molar-refractivity contribution is 5.92. The molecule has 1 heterocycles. The summed E-state index contributed by atoms with van der Waals surface area (Å²) in [5, 5.41) is 11.2. The van der Waals surface area contributed by atoms with Gasteiger partial charge in [0.2, 0.25) is 5.91 Å². The van der Waals surface area contributed by atoms with Gasteiger partial charge in [-0.05, 0) is 55.3 Å². The molecule has 0 unspecified atom stereocenters. The fourth-order valence-corrected chi connectivity index (χ4v) is 3.17. The smallest absolute Gasteiger partial charge is 0.417 e. The van der Waals surface area contributed by atoms with E-state index in [1.807, 2.05) is 6.92 Å². The van der Waals surface area contributed by atoms with Crippen molar-refractivity contribution in [3.8, 4) is 22.9 Å². The Morgan fingerprint density at radius 1 is 1.15 bits per heavy atom. The van der Waals surface area contributed by atoms with Crippen LogP contribution in [0, 0.1) is 24.1 Å². The Morgan fingerprint density at radius 3 is 2.55 bits per heavy atom. The first kappa shape index (κ1) is 23.7. The number of halogens is 4. The van der Waals surface area contributed by atoms with Gasteiger partial charge in [-0.3, -0.25) is 9.78 Å². The first-order valence-electron chi connectivity index (χ1n) is 9.91. The summed E-state index contributed by atoms with van der Waals surface area (Å²) in [7, 11) is 0.